The molecule has 0 amide bonds. The van der Waals surface area contributed by atoms with Crippen LogP contribution in [0.5, 0.6) is 11.5 Å². The number of nitrogens with zero attached hydrogens (tertiary/aromatic N) is 1. The lowest BCUT2D eigenvalue weighted by Gasteiger charge is -2.33. The fraction of sp³-hybridized carbons (Fsp3) is 0.222. The Balaban J connectivity index is 1.30. The second kappa shape index (κ2) is 11.1. The van der Waals surface area contributed by atoms with E-state index in [0.29, 0.717) is 0 Å². The molecule has 0 aliphatic carbocycles. The molecular formula is C36H33NOS2. The highest BCUT2D eigenvalue weighted by molar-refractivity contribution is 7.13. The molecule has 4 heteroatoms. The molecule has 0 spiro atoms. The molecule has 7 rings (SSSR count). The molecule has 3 heterocycles. The van der Waals surface area contributed by atoms with Gasteiger partial charge in [0.15, 0.2) is 11.5 Å². The van der Waals surface area contributed by atoms with Gasteiger partial charge in [-0.25, -0.2) is 0 Å². The molecule has 1 aliphatic rings. The van der Waals surface area contributed by atoms with Crippen LogP contribution in [0.2, 0.25) is 0 Å². The highest BCUT2D eigenvalue weighted by Gasteiger charge is 2.26. The Kier molecular flexibility index (Phi) is 7.05. The summed E-state index contributed by atoms with van der Waals surface area (Å²) in [6.07, 6.45) is 7.68. The summed E-state index contributed by atoms with van der Waals surface area (Å²) in [7, 11) is 0. The van der Waals surface area contributed by atoms with Crippen LogP contribution < -0.4 is 9.64 Å². The van der Waals surface area contributed by atoms with Gasteiger partial charge in [-0.1, -0.05) is 75.4 Å². The predicted molar refractivity (Wildman–Crippen MR) is 175 cm³/mol. The monoisotopic (exact) mass is 559 g/mol. The summed E-state index contributed by atoms with van der Waals surface area (Å²) in [5.41, 5.74) is 4.89. The number of ether oxygens (including phenoxy) is 1. The van der Waals surface area contributed by atoms with E-state index in [1.807, 2.05) is 0 Å². The molecule has 0 saturated carbocycles. The summed E-state index contributed by atoms with van der Waals surface area (Å²) < 4.78 is 6.65. The normalized spacial score (nSPS) is 12.5. The van der Waals surface area contributed by atoms with Crippen LogP contribution in [0.4, 0.5) is 11.4 Å². The lowest BCUT2D eigenvalue weighted by atomic mass is 10.0. The minimum atomic E-state index is 0.949. The molecule has 6 aromatic rings. The number of unbranched alkanes of at least 4 members (excludes halogenated alkanes) is 5. The molecule has 0 radical (unpaired) electrons. The molecule has 0 saturated heterocycles. The first-order chi connectivity index (χ1) is 19.8. The fourth-order valence-corrected chi connectivity index (χ4v) is 7.29. The number of fused-ring (bicyclic) bond motifs is 4. The number of anilines is 2. The second-order valence-electron chi connectivity index (χ2n) is 10.7. The van der Waals surface area contributed by atoms with Gasteiger partial charge >= 0.3 is 0 Å². The Morgan fingerprint density at radius 1 is 0.575 bits per heavy atom. The Morgan fingerprint density at radius 2 is 1.12 bits per heavy atom. The van der Waals surface area contributed by atoms with Gasteiger partial charge in [0, 0.05) is 16.3 Å². The molecular weight excluding hydrogens is 527 g/mol. The van der Waals surface area contributed by atoms with E-state index in [2.05, 4.69) is 108 Å². The van der Waals surface area contributed by atoms with Gasteiger partial charge in [-0.15, -0.1) is 22.7 Å². The molecule has 0 fully saturated rings. The molecule has 2 nitrogen and oxygen atoms in total. The van der Waals surface area contributed by atoms with Crippen molar-refractivity contribution in [3.8, 4) is 32.4 Å². The number of rotatable bonds is 9. The third-order valence-electron chi connectivity index (χ3n) is 7.98. The first-order valence-corrected chi connectivity index (χ1v) is 16.2. The van der Waals surface area contributed by atoms with E-state index in [9.17, 15) is 0 Å². The summed E-state index contributed by atoms with van der Waals surface area (Å²) >= 11 is 3.58. The smallest absolute Gasteiger partial charge is 0.151 e. The van der Waals surface area contributed by atoms with E-state index in [-0.39, 0.29) is 0 Å². The number of thiophene rings is 2. The van der Waals surface area contributed by atoms with Crippen molar-refractivity contribution in [2.45, 2.75) is 45.4 Å². The minimum Gasteiger partial charge on any atom is -0.453 e. The lowest BCUT2D eigenvalue weighted by molar-refractivity contribution is 0.473. The SMILES string of the molecule is CCCCCCCCN1c2cc3cc(-c4cccs4)ccc3cc2Oc2cc3ccc(-c4cccs4)cc3cc21. The van der Waals surface area contributed by atoms with E-state index in [4.69, 9.17) is 4.74 Å². The van der Waals surface area contributed by atoms with Gasteiger partial charge in [-0.05, 0) is 98.4 Å². The maximum atomic E-state index is 6.65. The van der Waals surface area contributed by atoms with Gasteiger partial charge in [0.25, 0.3) is 0 Å². The van der Waals surface area contributed by atoms with E-state index in [1.54, 1.807) is 22.7 Å². The van der Waals surface area contributed by atoms with Crippen molar-refractivity contribution in [1.29, 1.82) is 0 Å². The van der Waals surface area contributed by atoms with E-state index < -0.39 is 0 Å². The first kappa shape index (κ1) is 25.4. The predicted octanol–water partition coefficient (Wildman–Crippen LogP) is 12.1. The molecule has 200 valence electrons. The summed E-state index contributed by atoms with van der Waals surface area (Å²) in [6.45, 7) is 3.27. The average Bonchev–Trinajstić information content (AvgIpc) is 3.71. The molecule has 0 N–H and O–H groups in total. The number of hydrogen-bond donors (Lipinski definition) is 0. The number of hydrogen-bond acceptors (Lipinski definition) is 4. The van der Waals surface area contributed by atoms with Crippen molar-refractivity contribution in [2.24, 2.45) is 0 Å². The first-order valence-electron chi connectivity index (χ1n) is 14.5. The van der Waals surface area contributed by atoms with Gasteiger partial charge < -0.3 is 9.64 Å². The molecule has 40 heavy (non-hydrogen) atoms. The maximum absolute atomic E-state index is 6.65. The summed E-state index contributed by atoms with van der Waals surface area (Å²) in [5.74, 6) is 1.90. The minimum absolute atomic E-state index is 0.949. The second-order valence-corrected chi connectivity index (χ2v) is 12.6. The largest absolute Gasteiger partial charge is 0.453 e. The molecule has 0 unspecified atom stereocenters. The van der Waals surface area contributed by atoms with Gasteiger partial charge in [0.2, 0.25) is 0 Å². The molecule has 0 bridgehead atoms. The van der Waals surface area contributed by atoms with Crippen molar-refractivity contribution >= 4 is 55.6 Å². The topological polar surface area (TPSA) is 12.5 Å². The van der Waals surface area contributed by atoms with Crippen molar-refractivity contribution in [1.82, 2.24) is 0 Å². The average molecular weight is 560 g/mol. The quantitative estimate of drug-likeness (QED) is 0.163. The third-order valence-corrected chi connectivity index (χ3v) is 9.82. The van der Waals surface area contributed by atoms with Gasteiger partial charge in [-0.2, -0.15) is 0 Å². The van der Waals surface area contributed by atoms with Crippen LogP contribution in [0.25, 0.3) is 42.4 Å². The highest BCUT2D eigenvalue weighted by Crippen LogP contribution is 2.50. The van der Waals surface area contributed by atoms with Crippen LogP contribution in [0, 0.1) is 0 Å². The molecule has 0 atom stereocenters. The van der Waals surface area contributed by atoms with Crippen molar-refractivity contribution in [2.75, 3.05) is 11.4 Å². The van der Waals surface area contributed by atoms with Crippen LogP contribution in [-0.2, 0) is 0 Å². The Labute approximate surface area is 244 Å². The Bertz CT molecular complexity index is 1650. The summed E-state index contributed by atoms with van der Waals surface area (Å²) in [4.78, 5) is 5.12. The zero-order valence-electron chi connectivity index (χ0n) is 22.9. The molecule has 1 aliphatic heterocycles. The van der Waals surface area contributed by atoms with Crippen LogP contribution >= 0.6 is 22.7 Å². The van der Waals surface area contributed by atoms with Crippen molar-refractivity contribution < 1.29 is 4.74 Å². The van der Waals surface area contributed by atoms with Gasteiger partial charge in [0.1, 0.15) is 0 Å². The van der Waals surface area contributed by atoms with Gasteiger partial charge in [-0.3, -0.25) is 0 Å². The maximum Gasteiger partial charge on any atom is 0.151 e. The van der Waals surface area contributed by atoms with Gasteiger partial charge in [0.05, 0.1) is 11.4 Å². The van der Waals surface area contributed by atoms with E-state index in [0.717, 1.165) is 18.0 Å². The highest BCUT2D eigenvalue weighted by atomic mass is 32.1. The van der Waals surface area contributed by atoms with Crippen molar-refractivity contribution in [3.05, 3.63) is 95.7 Å². The van der Waals surface area contributed by atoms with Crippen LogP contribution in [0.15, 0.2) is 95.7 Å². The van der Waals surface area contributed by atoms with Crippen molar-refractivity contribution in [3.63, 3.8) is 0 Å². The summed E-state index contributed by atoms with van der Waals surface area (Å²) in [5, 5.41) is 9.23. The lowest BCUT2D eigenvalue weighted by Crippen LogP contribution is -2.22. The molecule has 2 aromatic heterocycles. The third kappa shape index (κ3) is 4.91. The van der Waals surface area contributed by atoms with Crippen LogP contribution in [0.3, 0.4) is 0 Å². The zero-order valence-corrected chi connectivity index (χ0v) is 24.5. The fourth-order valence-electron chi connectivity index (χ4n) is 5.85. The summed E-state index contributed by atoms with van der Waals surface area (Å²) in [6, 6.07) is 31.3. The van der Waals surface area contributed by atoms with E-state index >= 15 is 0 Å². The number of benzene rings is 4. The standard InChI is InChI=1S/C36H33NOS2/c1-2-3-4-5-6-7-16-37-31-21-29-19-27(35-10-8-17-39-35)14-12-25(29)23-33(31)38-34-24-26-13-15-28(36-11-9-18-40-36)20-30(26)22-32(34)37/h8-15,17-24H,2-7,16H2,1H3. The van der Waals surface area contributed by atoms with Crippen LogP contribution in [-0.4, -0.2) is 6.54 Å². The Hall–Kier alpha value is -3.60. The van der Waals surface area contributed by atoms with Crippen LogP contribution in [0.1, 0.15) is 45.4 Å². The zero-order chi connectivity index (χ0) is 26.9. The Morgan fingerprint density at radius 3 is 1.65 bits per heavy atom. The molecule has 4 aromatic carbocycles. The van der Waals surface area contributed by atoms with E-state index in [1.165, 1.54) is 92.3 Å².